The lowest BCUT2D eigenvalue weighted by Crippen LogP contribution is -2.60. The summed E-state index contributed by atoms with van der Waals surface area (Å²) in [5.74, 6) is -0.136. The maximum atomic E-state index is 13.1. The minimum Gasteiger partial charge on any atom is -0.394 e. The third-order valence-electron chi connectivity index (χ3n) is 15.2. The summed E-state index contributed by atoms with van der Waals surface area (Å²) in [5, 5.41) is 54.6. The first kappa shape index (κ1) is 66.2. The van der Waals surface area contributed by atoms with E-state index in [1.807, 2.05) is 0 Å². The summed E-state index contributed by atoms with van der Waals surface area (Å²) in [6.07, 6.45) is 54.5. The molecule has 0 aromatic heterocycles. The average Bonchev–Trinajstić information content (AvgIpc) is 3.35. The van der Waals surface area contributed by atoms with Crippen molar-refractivity contribution in [1.82, 2.24) is 5.32 Å². The fraction of sp³-hybridized carbons (Fsp3) is 0.983. The van der Waals surface area contributed by atoms with Gasteiger partial charge < -0.3 is 40.3 Å². The van der Waals surface area contributed by atoms with Crippen LogP contribution in [0, 0.1) is 0 Å². The Balaban J connectivity index is 2.07. The van der Waals surface area contributed by atoms with Crippen LogP contribution in [0.3, 0.4) is 0 Å². The van der Waals surface area contributed by atoms with Gasteiger partial charge >= 0.3 is 0 Å². The molecule has 1 aliphatic heterocycles. The van der Waals surface area contributed by atoms with E-state index in [1.54, 1.807) is 0 Å². The Morgan fingerprint density at radius 1 is 0.435 bits per heavy atom. The molecular weight excluding hydrogens is 863 g/mol. The Morgan fingerprint density at radius 3 is 1.03 bits per heavy atom. The number of amides is 1. The highest BCUT2D eigenvalue weighted by molar-refractivity contribution is 5.76. The highest BCUT2D eigenvalue weighted by Gasteiger charge is 2.44. The molecule has 1 rings (SSSR count). The van der Waals surface area contributed by atoms with Crippen molar-refractivity contribution in [3.05, 3.63) is 0 Å². The van der Waals surface area contributed by atoms with Crippen LogP contribution in [-0.4, -0.2) is 87.5 Å². The monoisotopic (exact) mass is 982 g/mol. The van der Waals surface area contributed by atoms with E-state index in [9.17, 15) is 30.3 Å². The van der Waals surface area contributed by atoms with Crippen LogP contribution in [0.5, 0.6) is 0 Å². The van der Waals surface area contributed by atoms with E-state index >= 15 is 0 Å². The third-order valence-corrected chi connectivity index (χ3v) is 15.2. The zero-order chi connectivity index (χ0) is 50.1. The lowest BCUT2D eigenvalue weighted by molar-refractivity contribution is -0.302. The zero-order valence-electron chi connectivity index (χ0n) is 45.9. The van der Waals surface area contributed by atoms with Gasteiger partial charge in [0.25, 0.3) is 0 Å². The quantitative estimate of drug-likeness (QED) is 0.0330. The van der Waals surface area contributed by atoms with Gasteiger partial charge in [0.05, 0.1) is 25.4 Å². The van der Waals surface area contributed by atoms with Gasteiger partial charge in [-0.25, -0.2) is 0 Å². The number of unbranched alkanes of at least 4 members (excludes halogenated alkanes) is 44. The summed E-state index contributed by atoms with van der Waals surface area (Å²) in [4.78, 5) is 13.1. The van der Waals surface area contributed by atoms with Crippen molar-refractivity contribution >= 4 is 5.91 Å². The fourth-order valence-electron chi connectivity index (χ4n) is 10.3. The van der Waals surface area contributed by atoms with E-state index in [0.717, 1.165) is 38.5 Å². The van der Waals surface area contributed by atoms with Crippen molar-refractivity contribution in [2.45, 2.75) is 365 Å². The van der Waals surface area contributed by atoms with Crippen molar-refractivity contribution < 1.29 is 39.8 Å². The maximum absolute atomic E-state index is 13.1. The highest BCUT2D eigenvalue weighted by Crippen LogP contribution is 2.24. The Morgan fingerprint density at radius 2 is 0.725 bits per heavy atom. The van der Waals surface area contributed by atoms with Crippen LogP contribution >= 0.6 is 0 Å². The second-order valence-electron chi connectivity index (χ2n) is 21.9. The molecule has 7 atom stereocenters. The van der Waals surface area contributed by atoms with Gasteiger partial charge in [0.2, 0.25) is 5.91 Å². The topological polar surface area (TPSA) is 149 Å². The highest BCUT2D eigenvalue weighted by atomic mass is 16.7. The number of aliphatic hydroxyl groups is 5. The number of carbonyl (C=O) groups is 1. The van der Waals surface area contributed by atoms with E-state index in [-0.39, 0.29) is 12.5 Å². The number of rotatable bonds is 54. The molecule has 6 N–H and O–H groups in total. The molecule has 69 heavy (non-hydrogen) atoms. The van der Waals surface area contributed by atoms with Gasteiger partial charge in [-0.15, -0.1) is 0 Å². The molecule has 0 aliphatic carbocycles. The van der Waals surface area contributed by atoms with Crippen molar-refractivity contribution in [3.63, 3.8) is 0 Å². The molecule has 0 bridgehead atoms. The van der Waals surface area contributed by atoms with E-state index in [2.05, 4.69) is 19.2 Å². The number of nitrogens with one attached hydrogen (secondary N) is 1. The summed E-state index contributed by atoms with van der Waals surface area (Å²) >= 11 is 0. The van der Waals surface area contributed by atoms with Gasteiger partial charge in [0, 0.05) is 6.42 Å². The van der Waals surface area contributed by atoms with Crippen molar-refractivity contribution in [3.8, 4) is 0 Å². The second-order valence-corrected chi connectivity index (χ2v) is 21.9. The predicted molar refractivity (Wildman–Crippen MR) is 291 cm³/mol. The van der Waals surface area contributed by atoms with Crippen molar-refractivity contribution in [2.24, 2.45) is 0 Å². The average molecular weight is 983 g/mol. The van der Waals surface area contributed by atoms with Crippen LogP contribution in [0.15, 0.2) is 0 Å². The minimum atomic E-state index is -1.55. The summed E-state index contributed by atoms with van der Waals surface area (Å²) in [5.41, 5.74) is 0. The van der Waals surface area contributed by atoms with Crippen molar-refractivity contribution in [2.75, 3.05) is 13.2 Å². The molecule has 412 valence electrons. The molecule has 0 spiro atoms. The lowest BCUT2D eigenvalue weighted by Gasteiger charge is -2.40. The molecule has 1 fully saturated rings. The number of hydrogen-bond acceptors (Lipinski definition) is 8. The molecule has 0 radical (unpaired) electrons. The molecule has 9 nitrogen and oxygen atoms in total. The van der Waals surface area contributed by atoms with Crippen LogP contribution in [-0.2, 0) is 14.3 Å². The van der Waals surface area contributed by atoms with E-state index < -0.39 is 49.5 Å². The molecule has 1 heterocycles. The van der Waals surface area contributed by atoms with Gasteiger partial charge in [0.1, 0.15) is 24.4 Å². The molecule has 0 saturated carbocycles. The number of ether oxygens (including phenoxy) is 2. The molecule has 1 aliphatic rings. The summed E-state index contributed by atoms with van der Waals surface area (Å²) < 4.78 is 11.3. The van der Waals surface area contributed by atoms with Crippen LogP contribution in [0.4, 0.5) is 0 Å². The van der Waals surface area contributed by atoms with Gasteiger partial charge in [0.15, 0.2) is 6.29 Å². The smallest absolute Gasteiger partial charge is 0.220 e. The molecule has 0 aromatic rings. The Kier molecular flexibility index (Phi) is 48.7. The molecular formula is C60H119NO8. The van der Waals surface area contributed by atoms with Gasteiger partial charge in [-0.1, -0.05) is 303 Å². The van der Waals surface area contributed by atoms with Crippen LogP contribution in [0.1, 0.15) is 322 Å². The van der Waals surface area contributed by atoms with E-state index in [1.165, 1.54) is 257 Å². The standard InChI is InChI=1S/C60H119NO8/c1-3-5-7-9-11-13-15-17-19-20-21-22-23-24-25-26-27-28-29-30-31-32-33-34-35-36-38-40-42-44-46-48-50-56(64)61-53(52-68-60-59(67)58(66)57(65)55(51-62)69-60)54(63)49-47-45-43-41-39-37-18-16-14-12-10-8-6-4-2/h53-55,57-60,62-63,65-67H,3-52H2,1-2H3,(H,61,64). The van der Waals surface area contributed by atoms with Crippen LogP contribution < -0.4 is 5.32 Å². The Labute approximate surface area is 427 Å². The molecule has 1 saturated heterocycles. The van der Waals surface area contributed by atoms with Crippen molar-refractivity contribution in [1.29, 1.82) is 0 Å². The van der Waals surface area contributed by atoms with Crippen LogP contribution in [0.25, 0.3) is 0 Å². The third kappa shape index (κ3) is 40.3. The summed E-state index contributed by atoms with van der Waals surface area (Å²) in [6.45, 7) is 3.88. The molecule has 9 heteroatoms. The van der Waals surface area contributed by atoms with Gasteiger partial charge in [-0.05, 0) is 12.8 Å². The summed E-state index contributed by atoms with van der Waals surface area (Å²) in [6, 6.07) is -0.713. The largest absolute Gasteiger partial charge is 0.394 e. The van der Waals surface area contributed by atoms with Gasteiger partial charge in [-0.3, -0.25) is 4.79 Å². The molecule has 7 unspecified atom stereocenters. The van der Waals surface area contributed by atoms with Crippen LogP contribution in [0.2, 0.25) is 0 Å². The molecule has 0 aromatic carbocycles. The number of hydrogen-bond donors (Lipinski definition) is 6. The second kappa shape index (κ2) is 50.7. The predicted octanol–water partition coefficient (Wildman–Crippen LogP) is 15.4. The fourth-order valence-corrected chi connectivity index (χ4v) is 10.3. The van der Waals surface area contributed by atoms with E-state index in [0.29, 0.717) is 12.8 Å². The lowest BCUT2D eigenvalue weighted by atomic mass is 9.99. The molecule has 1 amide bonds. The SMILES string of the molecule is CCCCCCCCCCCCCCCCCCCCCCCCCCCCCCCCCCC(=O)NC(COC1OC(CO)C(O)C(O)C1O)C(O)CCCCCCCCCCCCCCCC. The first-order valence-corrected chi connectivity index (χ1v) is 30.7. The first-order valence-electron chi connectivity index (χ1n) is 30.7. The Bertz CT molecular complexity index is 1050. The minimum absolute atomic E-state index is 0.131. The normalized spacial score (nSPS) is 19.3. The van der Waals surface area contributed by atoms with E-state index in [4.69, 9.17) is 9.47 Å². The first-order chi connectivity index (χ1) is 33.8. The number of aliphatic hydroxyl groups excluding tert-OH is 5. The zero-order valence-corrected chi connectivity index (χ0v) is 45.9. The van der Waals surface area contributed by atoms with Gasteiger partial charge in [-0.2, -0.15) is 0 Å². The number of carbonyl (C=O) groups excluding carboxylic acids is 1. The maximum Gasteiger partial charge on any atom is 0.220 e. The summed E-state index contributed by atoms with van der Waals surface area (Å²) in [7, 11) is 0. The Hall–Kier alpha value is -0.810.